The second-order valence-electron chi connectivity index (χ2n) is 2.50. The van der Waals surface area contributed by atoms with E-state index in [0.717, 1.165) is 6.42 Å². The normalized spacial score (nSPS) is 12.6. The quantitative estimate of drug-likeness (QED) is 0.448. The molecular formula is C8H16O3. The minimum atomic E-state index is -0.207. The summed E-state index contributed by atoms with van der Waals surface area (Å²) in [6.07, 6.45) is 0.980. The number of carbonyl (C=O) groups excluding carboxylic acids is 1. The van der Waals surface area contributed by atoms with Crippen LogP contribution in [0.1, 0.15) is 20.3 Å². The molecule has 0 aromatic rings. The van der Waals surface area contributed by atoms with Gasteiger partial charge in [0.2, 0.25) is 0 Å². The van der Waals surface area contributed by atoms with E-state index >= 15 is 0 Å². The smallest absolute Gasteiger partial charge is 0.310 e. The fourth-order valence-corrected chi connectivity index (χ4v) is 0.674. The molecule has 0 rings (SSSR count). The fourth-order valence-electron chi connectivity index (χ4n) is 0.674. The fraction of sp³-hybridized carbons (Fsp3) is 0.875. The average Bonchev–Trinajstić information content (AvgIpc) is 2.03. The molecule has 0 aliphatic carbocycles. The van der Waals surface area contributed by atoms with E-state index in [1.165, 1.54) is 7.11 Å². The van der Waals surface area contributed by atoms with Gasteiger partial charge >= 0.3 is 5.97 Å². The summed E-state index contributed by atoms with van der Waals surface area (Å²) < 4.78 is 9.69. The lowest BCUT2D eigenvalue weighted by molar-refractivity contribution is -0.146. The van der Waals surface area contributed by atoms with Crippen LogP contribution in [0.15, 0.2) is 0 Å². The van der Waals surface area contributed by atoms with Crippen LogP contribution in [0.2, 0.25) is 0 Å². The van der Waals surface area contributed by atoms with Gasteiger partial charge in [0.1, 0.15) is 0 Å². The van der Waals surface area contributed by atoms with Gasteiger partial charge in [0, 0.05) is 6.61 Å². The number of ether oxygens (including phenoxy) is 2. The molecule has 11 heavy (non-hydrogen) atoms. The molecule has 0 radical (unpaired) electrons. The summed E-state index contributed by atoms with van der Waals surface area (Å²) in [5.41, 5.74) is 0. The van der Waals surface area contributed by atoms with Gasteiger partial charge < -0.3 is 9.47 Å². The zero-order chi connectivity index (χ0) is 8.69. The Kier molecular flexibility index (Phi) is 5.84. The van der Waals surface area contributed by atoms with E-state index in [0.29, 0.717) is 13.2 Å². The van der Waals surface area contributed by atoms with E-state index in [-0.39, 0.29) is 11.9 Å². The first-order chi connectivity index (χ1) is 5.22. The molecule has 1 atom stereocenters. The van der Waals surface area contributed by atoms with Crippen molar-refractivity contribution in [2.24, 2.45) is 5.92 Å². The topological polar surface area (TPSA) is 35.5 Å². The zero-order valence-corrected chi connectivity index (χ0v) is 7.42. The van der Waals surface area contributed by atoms with E-state index in [4.69, 9.17) is 4.74 Å². The summed E-state index contributed by atoms with van der Waals surface area (Å²) in [6, 6.07) is 0. The van der Waals surface area contributed by atoms with Gasteiger partial charge in [0.05, 0.1) is 19.6 Å². The molecule has 3 heteroatoms. The second-order valence-corrected chi connectivity index (χ2v) is 2.50. The van der Waals surface area contributed by atoms with Gasteiger partial charge in [-0.3, -0.25) is 4.79 Å². The molecule has 0 bridgehead atoms. The Morgan fingerprint density at radius 3 is 2.64 bits per heavy atom. The van der Waals surface area contributed by atoms with Crippen LogP contribution in [0.3, 0.4) is 0 Å². The maximum atomic E-state index is 10.8. The highest BCUT2D eigenvalue weighted by Crippen LogP contribution is 1.98. The minimum Gasteiger partial charge on any atom is -0.469 e. The molecule has 3 nitrogen and oxygen atoms in total. The second kappa shape index (κ2) is 6.16. The molecule has 0 amide bonds. The van der Waals surface area contributed by atoms with Gasteiger partial charge in [0.15, 0.2) is 0 Å². The molecular weight excluding hydrogens is 144 g/mol. The van der Waals surface area contributed by atoms with Crippen molar-refractivity contribution >= 4 is 5.97 Å². The number of esters is 1. The highest BCUT2D eigenvalue weighted by Gasteiger charge is 2.11. The molecule has 0 N–H and O–H groups in total. The third-order valence-electron chi connectivity index (χ3n) is 1.32. The Bertz CT molecular complexity index is 112. The molecule has 66 valence electrons. The molecule has 0 aliphatic heterocycles. The van der Waals surface area contributed by atoms with Crippen molar-refractivity contribution in [1.82, 2.24) is 0 Å². The third kappa shape index (κ3) is 4.79. The molecule has 0 saturated heterocycles. The molecule has 0 aliphatic rings. The van der Waals surface area contributed by atoms with Crippen LogP contribution in [0.5, 0.6) is 0 Å². The van der Waals surface area contributed by atoms with Crippen molar-refractivity contribution in [3.05, 3.63) is 0 Å². The lowest BCUT2D eigenvalue weighted by atomic mass is 10.2. The van der Waals surface area contributed by atoms with Crippen LogP contribution in [-0.2, 0) is 14.3 Å². The number of hydrogen-bond donors (Lipinski definition) is 0. The largest absolute Gasteiger partial charge is 0.469 e. The van der Waals surface area contributed by atoms with Crippen LogP contribution < -0.4 is 0 Å². The Morgan fingerprint density at radius 1 is 1.55 bits per heavy atom. The van der Waals surface area contributed by atoms with Crippen molar-refractivity contribution in [3.63, 3.8) is 0 Å². The Hall–Kier alpha value is -0.570. The predicted molar refractivity (Wildman–Crippen MR) is 42.3 cm³/mol. The van der Waals surface area contributed by atoms with Gasteiger partial charge in [0.25, 0.3) is 0 Å². The van der Waals surface area contributed by atoms with Gasteiger partial charge in [-0.1, -0.05) is 6.92 Å². The Balaban J connectivity index is 3.36. The van der Waals surface area contributed by atoms with Gasteiger partial charge in [-0.25, -0.2) is 0 Å². The molecule has 0 aromatic carbocycles. The summed E-state index contributed by atoms with van der Waals surface area (Å²) in [7, 11) is 1.39. The molecule has 1 unspecified atom stereocenters. The van der Waals surface area contributed by atoms with E-state index in [9.17, 15) is 4.79 Å². The molecule has 0 spiro atoms. The lowest BCUT2D eigenvalue weighted by Gasteiger charge is -2.08. The average molecular weight is 160 g/mol. The van der Waals surface area contributed by atoms with Crippen molar-refractivity contribution < 1.29 is 14.3 Å². The monoisotopic (exact) mass is 160 g/mol. The number of carbonyl (C=O) groups is 1. The van der Waals surface area contributed by atoms with Crippen molar-refractivity contribution in [1.29, 1.82) is 0 Å². The van der Waals surface area contributed by atoms with Crippen molar-refractivity contribution in [2.75, 3.05) is 20.3 Å². The summed E-state index contributed by atoms with van der Waals surface area (Å²) in [6.45, 7) is 4.99. The lowest BCUT2D eigenvalue weighted by Crippen LogP contribution is -2.18. The number of rotatable bonds is 5. The highest BCUT2D eigenvalue weighted by molar-refractivity contribution is 5.71. The highest BCUT2D eigenvalue weighted by atomic mass is 16.5. The van der Waals surface area contributed by atoms with E-state index in [2.05, 4.69) is 4.74 Å². The van der Waals surface area contributed by atoms with Crippen LogP contribution in [0.25, 0.3) is 0 Å². The molecule has 0 heterocycles. The number of hydrogen-bond acceptors (Lipinski definition) is 3. The summed E-state index contributed by atoms with van der Waals surface area (Å²) in [4.78, 5) is 10.8. The maximum absolute atomic E-state index is 10.8. The van der Waals surface area contributed by atoms with Crippen molar-refractivity contribution in [2.45, 2.75) is 20.3 Å². The van der Waals surface area contributed by atoms with E-state index < -0.39 is 0 Å². The van der Waals surface area contributed by atoms with Crippen LogP contribution in [-0.4, -0.2) is 26.3 Å². The first-order valence-electron chi connectivity index (χ1n) is 3.88. The predicted octanol–water partition coefficient (Wildman–Crippen LogP) is 1.22. The Labute approximate surface area is 67.7 Å². The molecule has 0 fully saturated rings. The standard InChI is InChI=1S/C8H16O3/c1-4-5-11-6-7(2)8(9)10-3/h7H,4-6H2,1-3H3. The first kappa shape index (κ1) is 10.4. The van der Waals surface area contributed by atoms with Crippen LogP contribution in [0, 0.1) is 5.92 Å². The summed E-state index contributed by atoms with van der Waals surface area (Å²) >= 11 is 0. The SMILES string of the molecule is CCCOCC(C)C(=O)OC. The van der Waals surface area contributed by atoms with E-state index in [1.807, 2.05) is 6.92 Å². The van der Waals surface area contributed by atoms with E-state index in [1.54, 1.807) is 6.92 Å². The zero-order valence-electron chi connectivity index (χ0n) is 7.42. The van der Waals surface area contributed by atoms with Crippen molar-refractivity contribution in [3.8, 4) is 0 Å². The molecule has 0 aromatic heterocycles. The van der Waals surface area contributed by atoms with Crippen LogP contribution >= 0.6 is 0 Å². The van der Waals surface area contributed by atoms with Gasteiger partial charge in [-0.15, -0.1) is 0 Å². The maximum Gasteiger partial charge on any atom is 0.310 e. The molecule has 0 saturated carbocycles. The third-order valence-corrected chi connectivity index (χ3v) is 1.32. The first-order valence-corrected chi connectivity index (χ1v) is 3.88. The van der Waals surface area contributed by atoms with Crippen LogP contribution in [0.4, 0.5) is 0 Å². The van der Waals surface area contributed by atoms with Gasteiger partial charge in [-0.2, -0.15) is 0 Å². The van der Waals surface area contributed by atoms with Gasteiger partial charge in [-0.05, 0) is 13.3 Å². The number of methoxy groups -OCH3 is 1. The summed E-state index contributed by atoms with van der Waals surface area (Å²) in [5.74, 6) is -0.354. The minimum absolute atomic E-state index is 0.147. The summed E-state index contributed by atoms with van der Waals surface area (Å²) in [5, 5.41) is 0. The Morgan fingerprint density at radius 2 is 2.18 bits per heavy atom.